The number of para-hydroxylation sites is 1. The summed E-state index contributed by atoms with van der Waals surface area (Å²) in [4.78, 5) is 16.1. The third-order valence-electron chi connectivity index (χ3n) is 2.54. The molecule has 0 fully saturated rings. The second kappa shape index (κ2) is 3.82. The van der Waals surface area contributed by atoms with Gasteiger partial charge in [0.05, 0.1) is 16.3 Å². The van der Waals surface area contributed by atoms with Crippen molar-refractivity contribution in [3.8, 4) is 11.3 Å². The highest BCUT2D eigenvalue weighted by atomic mass is 32.1. The molecular weight excluding hydrogens is 234 g/mol. The van der Waals surface area contributed by atoms with Crippen molar-refractivity contribution < 1.29 is 4.42 Å². The van der Waals surface area contributed by atoms with Crippen LogP contribution in [0.5, 0.6) is 0 Å². The van der Waals surface area contributed by atoms with Crippen molar-refractivity contribution in [2.45, 2.75) is 6.92 Å². The van der Waals surface area contributed by atoms with Gasteiger partial charge in [0.15, 0.2) is 0 Å². The molecule has 0 aliphatic carbocycles. The minimum absolute atomic E-state index is 0.339. The fraction of sp³-hybridized carbons (Fsp3) is 0.0769. The molecule has 17 heavy (non-hydrogen) atoms. The molecule has 2 heterocycles. The van der Waals surface area contributed by atoms with E-state index in [1.165, 1.54) is 11.3 Å². The maximum atomic E-state index is 11.8. The van der Waals surface area contributed by atoms with Crippen LogP contribution in [0.15, 0.2) is 44.9 Å². The quantitative estimate of drug-likeness (QED) is 0.616. The summed E-state index contributed by atoms with van der Waals surface area (Å²) in [5.74, 6) is 0. The lowest BCUT2D eigenvalue weighted by atomic mass is 10.1. The summed E-state index contributed by atoms with van der Waals surface area (Å²) in [6.07, 6.45) is 0. The number of thiazole rings is 1. The van der Waals surface area contributed by atoms with Crippen LogP contribution < -0.4 is 5.63 Å². The highest BCUT2D eigenvalue weighted by Gasteiger charge is 2.09. The molecule has 84 valence electrons. The van der Waals surface area contributed by atoms with Gasteiger partial charge in [0.25, 0.3) is 0 Å². The number of aromatic nitrogens is 1. The molecule has 3 aromatic rings. The van der Waals surface area contributed by atoms with E-state index in [9.17, 15) is 4.79 Å². The molecule has 0 atom stereocenters. The average molecular weight is 243 g/mol. The second-order valence-corrected chi connectivity index (χ2v) is 4.80. The lowest BCUT2D eigenvalue weighted by Crippen LogP contribution is -2.02. The van der Waals surface area contributed by atoms with Crippen LogP contribution >= 0.6 is 11.3 Å². The number of hydrogen-bond acceptors (Lipinski definition) is 4. The SMILES string of the molecule is Cc1nc(-c2cc3ccccc3oc2=O)cs1. The largest absolute Gasteiger partial charge is 0.422 e. The lowest BCUT2D eigenvalue weighted by molar-refractivity contribution is 0.563. The van der Waals surface area contributed by atoms with Gasteiger partial charge < -0.3 is 4.42 Å². The van der Waals surface area contributed by atoms with Crippen molar-refractivity contribution >= 4 is 22.3 Å². The third-order valence-corrected chi connectivity index (χ3v) is 3.31. The van der Waals surface area contributed by atoms with Gasteiger partial charge in [0.1, 0.15) is 5.58 Å². The molecule has 0 unspecified atom stereocenters. The summed E-state index contributed by atoms with van der Waals surface area (Å²) in [6.45, 7) is 1.91. The number of hydrogen-bond donors (Lipinski definition) is 0. The lowest BCUT2D eigenvalue weighted by Gasteiger charge is -1.98. The third kappa shape index (κ3) is 1.76. The molecule has 0 spiro atoms. The Morgan fingerprint density at radius 2 is 2.12 bits per heavy atom. The van der Waals surface area contributed by atoms with Crippen LogP contribution in [0.4, 0.5) is 0 Å². The molecule has 0 aliphatic heterocycles. The Kier molecular flexibility index (Phi) is 2.30. The minimum atomic E-state index is -0.339. The van der Waals surface area contributed by atoms with E-state index in [4.69, 9.17) is 4.42 Å². The predicted molar refractivity (Wildman–Crippen MR) is 68.3 cm³/mol. The zero-order valence-corrected chi connectivity index (χ0v) is 9.95. The van der Waals surface area contributed by atoms with Gasteiger partial charge in [0.2, 0.25) is 0 Å². The first-order valence-corrected chi connectivity index (χ1v) is 6.07. The van der Waals surface area contributed by atoms with Gasteiger partial charge in [-0.15, -0.1) is 11.3 Å². The summed E-state index contributed by atoms with van der Waals surface area (Å²) in [7, 11) is 0. The number of rotatable bonds is 1. The van der Waals surface area contributed by atoms with E-state index in [2.05, 4.69) is 4.98 Å². The summed E-state index contributed by atoms with van der Waals surface area (Å²) < 4.78 is 5.27. The topological polar surface area (TPSA) is 43.1 Å². The molecule has 0 saturated heterocycles. The molecule has 3 rings (SSSR count). The molecule has 0 saturated carbocycles. The van der Waals surface area contributed by atoms with Crippen molar-refractivity contribution in [3.05, 3.63) is 51.1 Å². The zero-order chi connectivity index (χ0) is 11.8. The predicted octanol–water partition coefficient (Wildman–Crippen LogP) is 3.22. The number of benzene rings is 1. The van der Waals surface area contributed by atoms with Crippen LogP contribution in [0.2, 0.25) is 0 Å². The first kappa shape index (κ1) is 10.2. The average Bonchev–Trinajstić information content (AvgIpc) is 2.75. The standard InChI is InChI=1S/C13H9NO2S/c1-8-14-11(7-17-8)10-6-9-4-2-3-5-12(9)16-13(10)15/h2-7H,1H3. The van der Waals surface area contributed by atoms with Gasteiger partial charge >= 0.3 is 5.63 Å². The van der Waals surface area contributed by atoms with Crippen molar-refractivity contribution in [1.82, 2.24) is 4.98 Å². The van der Waals surface area contributed by atoms with Crippen molar-refractivity contribution in [3.63, 3.8) is 0 Å². The molecule has 0 bridgehead atoms. The van der Waals surface area contributed by atoms with Crippen LogP contribution in [0, 0.1) is 6.92 Å². The van der Waals surface area contributed by atoms with E-state index in [1.807, 2.05) is 36.6 Å². The van der Waals surface area contributed by atoms with Crippen LogP contribution in [-0.4, -0.2) is 4.98 Å². The molecular formula is C13H9NO2S. The Bertz CT molecular complexity index is 742. The Morgan fingerprint density at radius 1 is 1.29 bits per heavy atom. The Balaban J connectivity index is 2.30. The fourth-order valence-corrected chi connectivity index (χ4v) is 2.34. The Hall–Kier alpha value is -1.94. The molecule has 0 aliphatic rings. The summed E-state index contributed by atoms with van der Waals surface area (Å²) in [5, 5.41) is 3.72. The second-order valence-electron chi connectivity index (χ2n) is 3.74. The summed E-state index contributed by atoms with van der Waals surface area (Å²) in [6, 6.07) is 9.29. The molecule has 0 radical (unpaired) electrons. The number of aryl methyl sites for hydroxylation is 1. The number of fused-ring (bicyclic) bond motifs is 1. The van der Waals surface area contributed by atoms with Gasteiger partial charge in [0, 0.05) is 10.8 Å². The molecule has 3 nitrogen and oxygen atoms in total. The normalized spacial score (nSPS) is 10.9. The van der Waals surface area contributed by atoms with Gasteiger partial charge in [-0.1, -0.05) is 18.2 Å². The van der Waals surface area contributed by atoms with Crippen molar-refractivity contribution in [2.24, 2.45) is 0 Å². The van der Waals surface area contributed by atoms with Crippen LogP contribution in [0.25, 0.3) is 22.2 Å². The molecule has 1 aromatic carbocycles. The van der Waals surface area contributed by atoms with Gasteiger partial charge in [-0.3, -0.25) is 0 Å². The first-order chi connectivity index (χ1) is 8.24. The molecule has 2 aromatic heterocycles. The van der Waals surface area contributed by atoms with Crippen LogP contribution in [0.3, 0.4) is 0 Å². The monoisotopic (exact) mass is 243 g/mol. The van der Waals surface area contributed by atoms with Crippen molar-refractivity contribution in [1.29, 1.82) is 0 Å². The summed E-state index contributed by atoms with van der Waals surface area (Å²) in [5.41, 5.74) is 1.47. The van der Waals surface area contributed by atoms with E-state index < -0.39 is 0 Å². The highest BCUT2D eigenvalue weighted by Crippen LogP contribution is 2.22. The molecule has 0 N–H and O–H groups in total. The fourth-order valence-electron chi connectivity index (χ4n) is 1.73. The highest BCUT2D eigenvalue weighted by molar-refractivity contribution is 7.09. The van der Waals surface area contributed by atoms with Gasteiger partial charge in [-0.05, 0) is 19.1 Å². The van der Waals surface area contributed by atoms with Gasteiger partial charge in [-0.2, -0.15) is 0 Å². The Labute approximate surface area is 101 Å². The maximum Gasteiger partial charge on any atom is 0.345 e. The smallest absolute Gasteiger partial charge is 0.345 e. The van der Waals surface area contributed by atoms with E-state index in [0.717, 1.165) is 10.4 Å². The Morgan fingerprint density at radius 3 is 2.88 bits per heavy atom. The zero-order valence-electron chi connectivity index (χ0n) is 9.14. The van der Waals surface area contributed by atoms with Crippen LogP contribution in [0.1, 0.15) is 5.01 Å². The minimum Gasteiger partial charge on any atom is -0.422 e. The first-order valence-electron chi connectivity index (χ1n) is 5.19. The summed E-state index contributed by atoms with van der Waals surface area (Å²) >= 11 is 1.52. The van der Waals surface area contributed by atoms with E-state index >= 15 is 0 Å². The number of nitrogens with zero attached hydrogens (tertiary/aromatic N) is 1. The molecule has 0 amide bonds. The van der Waals surface area contributed by atoms with Crippen molar-refractivity contribution in [2.75, 3.05) is 0 Å². The van der Waals surface area contributed by atoms with Gasteiger partial charge in [-0.25, -0.2) is 9.78 Å². The van der Waals surface area contributed by atoms with E-state index in [1.54, 1.807) is 6.07 Å². The maximum absolute atomic E-state index is 11.8. The molecule has 4 heteroatoms. The van der Waals surface area contributed by atoms with E-state index in [0.29, 0.717) is 16.8 Å². The van der Waals surface area contributed by atoms with E-state index in [-0.39, 0.29) is 5.63 Å². The van der Waals surface area contributed by atoms with Crippen LogP contribution in [-0.2, 0) is 0 Å².